The summed E-state index contributed by atoms with van der Waals surface area (Å²) in [7, 11) is 0.999. The van der Waals surface area contributed by atoms with Gasteiger partial charge >= 0.3 is 0 Å². The Labute approximate surface area is 184 Å². The summed E-state index contributed by atoms with van der Waals surface area (Å²) < 4.78 is 25.7. The molecule has 2 saturated heterocycles. The van der Waals surface area contributed by atoms with Crippen LogP contribution in [0.5, 0.6) is 0 Å². The molecule has 9 heteroatoms. The number of nitrogens with zero attached hydrogens (tertiary/aromatic N) is 5. The van der Waals surface area contributed by atoms with Gasteiger partial charge in [-0.3, -0.25) is 9.48 Å². The molecule has 1 amide bonds. The Morgan fingerprint density at radius 3 is 2.26 bits per heavy atom. The quantitative estimate of drug-likeness (QED) is 0.715. The van der Waals surface area contributed by atoms with E-state index < -0.39 is 9.84 Å². The topological polar surface area (TPSA) is 78.8 Å². The third-order valence-electron chi connectivity index (χ3n) is 6.35. The van der Waals surface area contributed by atoms with E-state index in [9.17, 15) is 13.2 Å². The first kappa shape index (κ1) is 21.7. The molecule has 2 aromatic rings. The minimum Gasteiger partial charge on any atom is -0.378 e. The van der Waals surface area contributed by atoms with Crippen LogP contribution >= 0.6 is 0 Å². The van der Waals surface area contributed by atoms with Gasteiger partial charge in [0.2, 0.25) is 0 Å². The molecular weight excluding hydrogens is 414 g/mol. The van der Waals surface area contributed by atoms with Crippen molar-refractivity contribution in [1.82, 2.24) is 14.7 Å². The van der Waals surface area contributed by atoms with E-state index >= 15 is 0 Å². The number of anilines is 2. The first-order valence-electron chi connectivity index (χ1n) is 10.7. The molecule has 168 valence electrons. The highest BCUT2D eigenvalue weighted by molar-refractivity contribution is 7.91. The third kappa shape index (κ3) is 4.28. The monoisotopic (exact) mass is 445 g/mol. The number of aromatic nitrogens is 2. The summed E-state index contributed by atoms with van der Waals surface area (Å²) in [6, 6.07) is 7.63. The number of rotatable bonds is 4. The summed E-state index contributed by atoms with van der Waals surface area (Å²) in [5.74, 6) is 0.468. The van der Waals surface area contributed by atoms with Crippen molar-refractivity contribution in [1.29, 1.82) is 0 Å². The van der Waals surface area contributed by atoms with E-state index in [0.29, 0.717) is 25.1 Å². The van der Waals surface area contributed by atoms with Crippen molar-refractivity contribution in [3.05, 3.63) is 41.2 Å². The number of amides is 1. The molecule has 2 fully saturated rings. The molecule has 1 atom stereocenters. The van der Waals surface area contributed by atoms with Crippen LogP contribution in [0.3, 0.4) is 0 Å². The summed E-state index contributed by atoms with van der Waals surface area (Å²) in [6.07, 6.45) is 0.624. The molecule has 31 heavy (non-hydrogen) atoms. The van der Waals surface area contributed by atoms with Gasteiger partial charge in [0.05, 0.1) is 34.6 Å². The molecule has 1 aromatic heterocycles. The van der Waals surface area contributed by atoms with Gasteiger partial charge < -0.3 is 14.7 Å². The highest BCUT2D eigenvalue weighted by atomic mass is 32.2. The fourth-order valence-corrected chi connectivity index (χ4v) is 6.35. The molecule has 4 rings (SSSR count). The van der Waals surface area contributed by atoms with Gasteiger partial charge in [-0.2, -0.15) is 5.10 Å². The second-order valence-corrected chi connectivity index (χ2v) is 11.0. The van der Waals surface area contributed by atoms with Crippen LogP contribution in [0.1, 0.15) is 34.2 Å². The Bertz CT molecular complexity index is 1070. The molecule has 0 N–H and O–H groups in total. The number of hydrogen-bond acceptors (Lipinski definition) is 6. The minimum atomic E-state index is -2.96. The SMILES string of the molecule is Cc1nn(C2CCS(=O)(=O)C2)c(C)c1N1CCN(C(=O)c2ccc(N(C)C)cc2)CC1. The zero-order valence-electron chi connectivity index (χ0n) is 18.7. The van der Waals surface area contributed by atoms with Gasteiger partial charge in [0, 0.05) is 51.5 Å². The van der Waals surface area contributed by atoms with Gasteiger partial charge in [0.15, 0.2) is 9.84 Å². The standard InChI is InChI=1S/C22H31N5O3S/c1-16-21(17(2)27(23-16)20-9-14-31(29,30)15-20)25-10-12-26(13-11-25)22(28)18-5-7-19(8-6-18)24(3)4/h5-8,20H,9-15H2,1-4H3. The van der Waals surface area contributed by atoms with Crippen LogP contribution in [-0.2, 0) is 9.84 Å². The van der Waals surface area contributed by atoms with Gasteiger partial charge in [-0.25, -0.2) is 8.42 Å². The fourth-order valence-electron chi connectivity index (χ4n) is 4.65. The summed E-state index contributed by atoms with van der Waals surface area (Å²) >= 11 is 0. The zero-order chi connectivity index (χ0) is 22.3. The van der Waals surface area contributed by atoms with Crippen molar-refractivity contribution in [2.24, 2.45) is 0 Å². The minimum absolute atomic E-state index is 0.0604. The van der Waals surface area contributed by atoms with Crippen LogP contribution in [0.4, 0.5) is 11.4 Å². The molecule has 0 spiro atoms. The molecule has 1 aromatic carbocycles. The molecule has 3 heterocycles. The Kier molecular flexibility index (Phi) is 5.72. The molecule has 0 saturated carbocycles. The van der Waals surface area contributed by atoms with Crippen LogP contribution in [0.2, 0.25) is 0 Å². The van der Waals surface area contributed by atoms with E-state index in [4.69, 9.17) is 0 Å². The van der Waals surface area contributed by atoms with Crippen molar-refractivity contribution >= 4 is 27.1 Å². The van der Waals surface area contributed by atoms with E-state index in [0.717, 1.165) is 35.9 Å². The van der Waals surface area contributed by atoms with Gasteiger partial charge in [-0.05, 0) is 44.5 Å². The van der Waals surface area contributed by atoms with Crippen LogP contribution < -0.4 is 9.80 Å². The Morgan fingerprint density at radius 2 is 1.71 bits per heavy atom. The predicted octanol–water partition coefficient (Wildman–Crippen LogP) is 1.89. The number of aryl methyl sites for hydroxylation is 1. The molecule has 0 bridgehead atoms. The normalized spacial score (nSPS) is 20.8. The predicted molar refractivity (Wildman–Crippen MR) is 123 cm³/mol. The smallest absolute Gasteiger partial charge is 0.253 e. The maximum Gasteiger partial charge on any atom is 0.253 e. The van der Waals surface area contributed by atoms with E-state index in [2.05, 4.69) is 10.00 Å². The maximum absolute atomic E-state index is 12.9. The largest absolute Gasteiger partial charge is 0.378 e. The second-order valence-electron chi connectivity index (χ2n) is 8.74. The van der Waals surface area contributed by atoms with Crippen LogP contribution in [0, 0.1) is 13.8 Å². The number of hydrogen-bond donors (Lipinski definition) is 0. The van der Waals surface area contributed by atoms with E-state index in [-0.39, 0.29) is 23.5 Å². The van der Waals surface area contributed by atoms with Gasteiger partial charge in [0.25, 0.3) is 5.91 Å². The van der Waals surface area contributed by atoms with Gasteiger partial charge in [-0.1, -0.05) is 0 Å². The molecular formula is C22H31N5O3S. The lowest BCUT2D eigenvalue weighted by molar-refractivity contribution is 0.0747. The van der Waals surface area contributed by atoms with Crippen molar-refractivity contribution in [3.63, 3.8) is 0 Å². The number of sulfone groups is 1. The van der Waals surface area contributed by atoms with Crippen molar-refractivity contribution in [2.45, 2.75) is 26.3 Å². The average Bonchev–Trinajstić information content (AvgIpc) is 3.25. The van der Waals surface area contributed by atoms with Crippen LogP contribution in [-0.4, -0.2) is 80.8 Å². The first-order chi connectivity index (χ1) is 14.7. The first-order valence-corrected chi connectivity index (χ1v) is 12.6. The Hall–Kier alpha value is -2.55. The number of carbonyl (C=O) groups excluding carboxylic acids is 1. The van der Waals surface area contributed by atoms with Gasteiger partial charge in [0.1, 0.15) is 0 Å². The zero-order valence-corrected chi connectivity index (χ0v) is 19.5. The van der Waals surface area contributed by atoms with Crippen LogP contribution in [0.15, 0.2) is 24.3 Å². The lowest BCUT2D eigenvalue weighted by Crippen LogP contribution is -2.49. The molecule has 8 nitrogen and oxygen atoms in total. The van der Waals surface area contributed by atoms with E-state index in [1.54, 1.807) is 0 Å². The van der Waals surface area contributed by atoms with Crippen molar-refractivity contribution in [2.75, 3.05) is 61.6 Å². The molecule has 0 radical (unpaired) electrons. The molecule has 0 aliphatic carbocycles. The summed E-state index contributed by atoms with van der Waals surface area (Å²) in [5.41, 5.74) is 4.78. The Morgan fingerprint density at radius 1 is 1.06 bits per heavy atom. The summed E-state index contributed by atoms with van der Waals surface area (Å²) in [4.78, 5) is 19.1. The van der Waals surface area contributed by atoms with Crippen molar-refractivity contribution in [3.8, 4) is 0 Å². The number of carbonyl (C=O) groups is 1. The lowest BCUT2D eigenvalue weighted by Gasteiger charge is -2.36. The number of benzene rings is 1. The average molecular weight is 446 g/mol. The van der Waals surface area contributed by atoms with E-state index in [1.807, 2.05) is 66.7 Å². The fraction of sp³-hybridized carbons (Fsp3) is 0.545. The second kappa shape index (κ2) is 8.18. The van der Waals surface area contributed by atoms with Gasteiger partial charge in [-0.15, -0.1) is 0 Å². The summed E-state index contributed by atoms with van der Waals surface area (Å²) in [6.45, 7) is 6.76. The molecule has 1 unspecified atom stereocenters. The lowest BCUT2D eigenvalue weighted by atomic mass is 10.1. The third-order valence-corrected chi connectivity index (χ3v) is 8.11. The highest BCUT2D eigenvalue weighted by Gasteiger charge is 2.33. The van der Waals surface area contributed by atoms with Crippen molar-refractivity contribution < 1.29 is 13.2 Å². The summed E-state index contributed by atoms with van der Waals surface area (Å²) in [5, 5.41) is 4.68. The number of piperazine rings is 1. The highest BCUT2D eigenvalue weighted by Crippen LogP contribution is 2.31. The van der Waals surface area contributed by atoms with E-state index in [1.165, 1.54) is 0 Å². The molecule has 2 aliphatic heterocycles. The van der Waals surface area contributed by atoms with Crippen LogP contribution in [0.25, 0.3) is 0 Å². The maximum atomic E-state index is 12.9. The molecule has 2 aliphatic rings. The Balaban J connectivity index is 1.44.